The van der Waals surface area contributed by atoms with E-state index >= 15 is 0 Å². The summed E-state index contributed by atoms with van der Waals surface area (Å²) in [6.45, 7) is 6.47. The van der Waals surface area contributed by atoms with Crippen LogP contribution in [0.4, 0.5) is 0 Å². The standard InChI is InChI=1S/C10H19BrO2S/c1-7(2)10(8(3)11)9-4-5-14(12,13)6-9/h7-10H,4-6H2,1-3H3. The summed E-state index contributed by atoms with van der Waals surface area (Å²) < 4.78 is 22.8. The molecule has 2 nitrogen and oxygen atoms in total. The summed E-state index contributed by atoms with van der Waals surface area (Å²) in [7, 11) is -2.73. The average molecular weight is 283 g/mol. The number of alkyl halides is 1. The Morgan fingerprint density at radius 3 is 2.14 bits per heavy atom. The van der Waals surface area contributed by atoms with Gasteiger partial charge < -0.3 is 0 Å². The molecule has 1 fully saturated rings. The summed E-state index contributed by atoms with van der Waals surface area (Å²) in [6.07, 6.45) is 0.848. The van der Waals surface area contributed by atoms with Gasteiger partial charge in [-0.25, -0.2) is 8.42 Å². The number of halogens is 1. The monoisotopic (exact) mass is 282 g/mol. The first-order chi connectivity index (χ1) is 6.33. The molecule has 0 spiro atoms. The topological polar surface area (TPSA) is 34.1 Å². The zero-order valence-electron chi connectivity index (χ0n) is 9.03. The summed E-state index contributed by atoms with van der Waals surface area (Å²) in [6, 6.07) is 0. The molecule has 0 bridgehead atoms. The first-order valence-corrected chi connectivity index (χ1v) is 7.91. The summed E-state index contributed by atoms with van der Waals surface area (Å²) in [5, 5.41) is 0. The molecule has 1 saturated heterocycles. The molecule has 1 rings (SSSR count). The van der Waals surface area contributed by atoms with E-state index in [4.69, 9.17) is 0 Å². The van der Waals surface area contributed by atoms with Crippen LogP contribution in [0.2, 0.25) is 0 Å². The molecule has 0 aromatic rings. The second-order valence-corrected chi connectivity index (χ2v) is 8.34. The van der Waals surface area contributed by atoms with Crippen molar-refractivity contribution in [2.75, 3.05) is 11.5 Å². The van der Waals surface area contributed by atoms with Crippen molar-refractivity contribution in [3.8, 4) is 0 Å². The molecule has 0 amide bonds. The number of hydrogen-bond acceptors (Lipinski definition) is 2. The van der Waals surface area contributed by atoms with E-state index in [0.717, 1.165) is 6.42 Å². The van der Waals surface area contributed by atoms with Crippen molar-refractivity contribution in [2.24, 2.45) is 17.8 Å². The molecule has 3 atom stereocenters. The van der Waals surface area contributed by atoms with Crippen molar-refractivity contribution in [3.63, 3.8) is 0 Å². The van der Waals surface area contributed by atoms with Crippen LogP contribution in [0, 0.1) is 17.8 Å². The maximum atomic E-state index is 11.4. The zero-order chi connectivity index (χ0) is 10.9. The third-order valence-corrected chi connectivity index (χ3v) is 5.52. The van der Waals surface area contributed by atoms with E-state index < -0.39 is 9.84 Å². The van der Waals surface area contributed by atoms with E-state index in [1.807, 2.05) is 0 Å². The molecule has 0 radical (unpaired) electrons. The minimum Gasteiger partial charge on any atom is -0.229 e. The smallest absolute Gasteiger partial charge is 0.150 e. The summed E-state index contributed by atoms with van der Waals surface area (Å²) in [5.74, 6) is 2.16. The van der Waals surface area contributed by atoms with E-state index in [2.05, 4.69) is 36.7 Å². The Hall–Kier alpha value is 0.430. The van der Waals surface area contributed by atoms with Crippen LogP contribution < -0.4 is 0 Å². The van der Waals surface area contributed by atoms with Crippen LogP contribution in [0.25, 0.3) is 0 Å². The summed E-state index contributed by atoms with van der Waals surface area (Å²) >= 11 is 3.59. The van der Waals surface area contributed by atoms with Crippen LogP contribution >= 0.6 is 15.9 Å². The van der Waals surface area contributed by atoms with E-state index in [0.29, 0.717) is 34.1 Å². The first-order valence-electron chi connectivity index (χ1n) is 5.18. The number of sulfone groups is 1. The zero-order valence-corrected chi connectivity index (χ0v) is 11.4. The first kappa shape index (κ1) is 12.5. The van der Waals surface area contributed by atoms with Crippen LogP contribution in [0.15, 0.2) is 0 Å². The summed E-state index contributed by atoms with van der Waals surface area (Å²) in [5.41, 5.74) is 0. The van der Waals surface area contributed by atoms with Crippen molar-refractivity contribution in [1.82, 2.24) is 0 Å². The van der Waals surface area contributed by atoms with Crippen molar-refractivity contribution in [2.45, 2.75) is 32.0 Å². The predicted octanol–water partition coefficient (Wildman–Crippen LogP) is 2.48. The predicted molar refractivity (Wildman–Crippen MR) is 63.5 cm³/mol. The fourth-order valence-corrected chi connectivity index (χ4v) is 5.49. The Balaban J connectivity index is 2.73. The fourth-order valence-electron chi connectivity index (χ4n) is 2.58. The highest BCUT2D eigenvalue weighted by molar-refractivity contribution is 9.09. The molecule has 0 aliphatic carbocycles. The third kappa shape index (κ3) is 2.96. The second kappa shape index (κ2) is 4.52. The molecule has 1 heterocycles. The lowest BCUT2D eigenvalue weighted by molar-refractivity contribution is 0.277. The number of hydrogen-bond donors (Lipinski definition) is 0. The highest BCUT2D eigenvalue weighted by Crippen LogP contribution is 2.35. The largest absolute Gasteiger partial charge is 0.229 e. The van der Waals surface area contributed by atoms with E-state index in [1.54, 1.807) is 0 Å². The Labute approximate surface area is 95.5 Å². The van der Waals surface area contributed by atoms with Gasteiger partial charge >= 0.3 is 0 Å². The van der Waals surface area contributed by atoms with Gasteiger partial charge in [0.15, 0.2) is 9.84 Å². The SMILES string of the molecule is CC(C)C(C(C)Br)C1CCS(=O)(=O)C1. The maximum absolute atomic E-state index is 11.4. The lowest BCUT2D eigenvalue weighted by Gasteiger charge is -2.28. The average Bonchev–Trinajstić information content (AvgIpc) is 2.28. The van der Waals surface area contributed by atoms with Gasteiger partial charge in [-0.2, -0.15) is 0 Å². The van der Waals surface area contributed by atoms with Crippen LogP contribution in [-0.4, -0.2) is 24.8 Å². The van der Waals surface area contributed by atoms with Crippen molar-refractivity contribution >= 4 is 25.8 Å². The molecule has 4 heteroatoms. The van der Waals surface area contributed by atoms with E-state index in [-0.39, 0.29) is 0 Å². The van der Waals surface area contributed by atoms with Gasteiger partial charge in [0.05, 0.1) is 11.5 Å². The van der Waals surface area contributed by atoms with E-state index in [9.17, 15) is 8.42 Å². The molecular formula is C10H19BrO2S. The van der Waals surface area contributed by atoms with Crippen LogP contribution in [-0.2, 0) is 9.84 Å². The van der Waals surface area contributed by atoms with Crippen LogP contribution in [0.3, 0.4) is 0 Å². The number of rotatable bonds is 3. The van der Waals surface area contributed by atoms with Crippen LogP contribution in [0.5, 0.6) is 0 Å². The fraction of sp³-hybridized carbons (Fsp3) is 1.00. The van der Waals surface area contributed by atoms with Gasteiger partial charge in [-0.05, 0) is 24.2 Å². The Morgan fingerprint density at radius 2 is 1.86 bits per heavy atom. The van der Waals surface area contributed by atoms with Crippen molar-refractivity contribution < 1.29 is 8.42 Å². The highest BCUT2D eigenvalue weighted by Gasteiger charge is 2.36. The van der Waals surface area contributed by atoms with Crippen molar-refractivity contribution in [1.29, 1.82) is 0 Å². The van der Waals surface area contributed by atoms with Crippen molar-refractivity contribution in [3.05, 3.63) is 0 Å². The Kier molecular flexibility index (Phi) is 4.03. The molecule has 1 aliphatic rings. The van der Waals surface area contributed by atoms with Gasteiger partial charge in [-0.3, -0.25) is 0 Å². The molecule has 14 heavy (non-hydrogen) atoms. The van der Waals surface area contributed by atoms with E-state index in [1.165, 1.54) is 0 Å². The minimum absolute atomic E-state index is 0.356. The normalized spacial score (nSPS) is 30.5. The van der Waals surface area contributed by atoms with Gasteiger partial charge in [0.2, 0.25) is 0 Å². The van der Waals surface area contributed by atoms with Gasteiger partial charge in [0.25, 0.3) is 0 Å². The third-order valence-electron chi connectivity index (χ3n) is 3.11. The van der Waals surface area contributed by atoms with Gasteiger partial charge in [-0.1, -0.05) is 36.7 Å². The minimum atomic E-state index is -2.73. The highest BCUT2D eigenvalue weighted by atomic mass is 79.9. The molecule has 0 aromatic carbocycles. The quantitative estimate of drug-likeness (QED) is 0.746. The second-order valence-electron chi connectivity index (χ2n) is 4.66. The lowest BCUT2D eigenvalue weighted by atomic mass is 9.81. The molecule has 0 saturated carbocycles. The Morgan fingerprint density at radius 1 is 1.29 bits per heavy atom. The lowest BCUT2D eigenvalue weighted by Crippen LogP contribution is -2.27. The molecule has 0 N–H and O–H groups in total. The van der Waals surface area contributed by atoms with Gasteiger partial charge in [0, 0.05) is 4.83 Å². The molecular weight excluding hydrogens is 264 g/mol. The Bertz CT molecular complexity index is 274. The van der Waals surface area contributed by atoms with Gasteiger partial charge in [-0.15, -0.1) is 0 Å². The van der Waals surface area contributed by atoms with Crippen LogP contribution in [0.1, 0.15) is 27.2 Å². The molecule has 0 aromatic heterocycles. The molecule has 84 valence electrons. The molecule has 3 unspecified atom stereocenters. The maximum Gasteiger partial charge on any atom is 0.150 e. The molecule has 1 aliphatic heterocycles. The summed E-state index contributed by atoms with van der Waals surface area (Å²) in [4.78, 5) is 0.404. The van der Waals surface area contributed by atoms with Gasteiger partial charge in [0.1, 0.15) is 0 Å².